The third-order valence-electron chi connectivity index (χ3n) is 4.58. The number of halogens is 1. The van der Waals surface area contributed by atoms with Crippen LogP contribution in [0.4, 0.5) is 5.95 Å². The Morgan fingerprint density at radius 2 is 1.87 bits per heavy atom. The Labute approximate surface area is 176 Å². The van der Waals surface area contributed by atoms with Crippen LogP contribution in [0.2, 0.25) is 5.02 Å². The summed E-state index contributed by atoms with van der Waals surface area (Å²) in [5, 5.41) is 8.92. The molecule has 0 spiro atoms. The lowest BCUT2D eigenvalue weighted by Gasteiger charge is -2.07. The quantitative estimate of drug-likeness (QED) is 0.432. The summed E-state index contributed by atoms with van der Waals surface area (Å²) in [6.45, 7) is 0.576. The van der Waals surface area contributed by atoms with Crippen LogP contribution >= 0.6 is 11.6 Å². The topological polar surface area (TPSA) is 89.6 Å². The third-order valence-corrected chi connectivity index (χ3v) is 4.82. The largest absolute Gasteiger partial charge is 0.353 e. The Bertz CT molecular complexity index is 1320. The summed E-state index contributed by atoms with van der Waals surface area (Å²) in [6.07, 6.45) is 4.88. The van der Waals surface area contributed by atoms with Gasteiger partial charge in [-0.1, -0.05) is 35.0 Å². The summed E-state index contributed by atoms with van der Waals surface area (Å²) in [5.41, 5.74) is 4.19. The average molecular weight is 415 g/mol. The second kappa shape index (κ2) is 7.88. The molecule has 0 amide bonds. The minimum Gasteiger partial charge on any atom is -0.353 e. The minimum atomic E-state index is 0.536. The number of nitrogens with one attached hydrogen (secondary N) is 1. The molecule has 0 aliphatic rings. The van der Waals surface area contributed by atoms with Gasteiger partial charge in [-0.3, -0.25) is 0 Å². The number of hydrogen-bond donors (Lipinski definition) is 1. The maximum Gasteiger partial charge on any atom is 0.223 e. The van der Waals surface area contributed by atoms with E-state index in [1.165, 1.54) is 6.33 Å². The fourth-order valence-corrected chi connectivity index (χ4v) is 3.36. The molecule has 30 heavy (non-hydrogen) atoms. The van der Waals surface area contributed by atoms with Crippen molar-refractivity contribution in [3.05, 3.63) is 83.9 Å². The van der Waals surface area contributed by atoms with E-state index in [4.69, 9.17) is 16.1 Å². The van der Waals surface area contributed by atoms with Crippen molar-refractivity contribution in [1.82, 2.24) is 25.1 Å². The van der Waals surface area contributed by atoms with Crippen molar-refractivity contribution in [2.24, 2.45) is 0 Å². The Balaban J connectivity index is 1.44. The lowest BCUT2D eigenvalue weighted by Crippen LogP contribution is -2.03. The first-order valence-corrected chi connectivity index (χ1v) is 9.61. The number of anilines is 1. The Hall–Kier alpha value is -3.84. The lowest BCUT2D eigenvalue weighted by molar-refractivity contribution is 0.439. The third kappa shape index (κ3) is 3.70. The normalized spacial score (nSPS) is 11.0. The average Bonchev–Trinajstić information content (AvgIpc) is 3.22. The molecular weight excluding hydrogens is 400 g/mol. The Kier molecular flexibility index (Phi) is 4.78. The van der Waals surface area contributed by atoms with Crippen LogP contribution in [0.5, 0.6) is 0 Å². The SMILES string of the molecule is Clc1cccc(CNc2nccc(-c3ccc4noc(-c5ccncn5)c4c3)n2)c1. The van der Waals surface area contributed by atoms with Gasteiger partial charge in [-0.2, -0.15) is 0 Å². The van der Waals surface area contributed by atoms with Gasteiger partial charge in [0.05, 0.1) is 11.1 Å². The van der Waals surface area contributed by atoms with Gasteiger partial charge < -0.3 is 9.84 Å². The van der Waals surface area contributed by atoms with Crippen LogP contribution in [-0.2, 0) is 6.54 Å². The highest BCUT2D eigenvalue weighted by atomic mass is 35.5. The monoisotopic (exact) mass is 414 g/mol. The number of benzene rings is 2. The van der Waals surface area contributed by atoms with Gasteiger partial charge in [0.2, 0.25) is 5.95 Å². The van der Waals surface area contributed by atoms with E-state index in [1.54, 1.807) is 18.5 Å². The van der Waals surface area contributed by atoms with Gasteiger partial charge in [0, 0.05) is 29.5 Å². The molecule has 146 valence electrons. The molecule has 3 aromatic heterocycles. The Morgan fingerprint density at radius 3 is 2.73 bits per heavy atom. The maximum absolute atomic E-state index is 6.05. The van der Waals surface area contributed by atoms with Crippen molar-refractivity contribution >= 4 is 28.5 Å². The van der Waals surface area contributed by atoms with Crippen molar-refractivity contribution in [2.45, 2.75) is 6.54 Å². The molecule has 2 aromatic carbocycles. The van der Waals surface area contributed by atoms with Gasteiger partial charge in [0.25, 0.3) is 0 Å². The van der Waals surface area contributed by atoms with E-state index < -0.39 is 0 Å². The predicted octanol–water partition coefficient (Wildman–Crippen LogP) is 5.01. The zero-order valence-corrected chi connectivity index (χ0v) is 16.4. The van der Waals surface area contributed by atoms with Crippen LogP contribution in [0, 0.1) is 0 Å². The van der Waals surface area contributed by atoms with Crippen LogP contribution < -0.4 is 5.32 Å². The molecule has 0 aliphatic carbocycles. The van der Waals surface area contributed by atoms with E-state index >= 15 is 0 Å². The Morgan fingerprint density at radius 1 is 0.933 bits per heavy atom. The summed E-state index contributed by atoms with van der Waals surface area (Å²) < 4.78 is 5.52. The standard InChI is InChI=1S/C22H15ClN6O/c23-16-3-1-2-14(10-16)12-26-22-25-9-7-18(28-22)15-4-5-19-17(11-15)21(30-29-19)20-6-8-24-13-27-20/h1-11,13H,12H2,(H,25,26,28). The molecular formula is C22H15ClN6O. The molecule has 0 saturated heterocycles. The summed E-state index contributed by atoms with van der Waals surface area (Å²) in [7, 11) is 0. The van der Waals surface area contributed by atoms with Crippen LogP contribution in [0.1, 0.15) is 5.56 Å². The number of hydrogen-bond acceptors (Lipinski definition) is 7. The van der Waals surface area contributed by atoms with Gasteiger partial charge in [-0.25, -0.2) is 19.9 Å². The van der Waals surface area contributed by atoms with Crippen molar-refractivity contribution in [1.29, 1.82) is 0 Å². The van der Waals surface area contributed by atoms with Gasteiger partial charge in [0.1, 0.15) is 17.5 Å². The van der Waals surface area contributed by atoms with Crippen molar-refractivity contribution < 1.29 is 4.52 Å². The van der Waals surface area contributed by atoms with Crippen LogP contribution in [0.15, 0.2) is 77.8 Å². The molecule has 0 atom stereocenters. The molecule has 5 aromatic rings. The molecule has 0 radical (unpaired) electrons. The van der Waals surface area contributed by atoms with Gasteiger partial charge in [0.15, 0.2) is 5.76 Å². The molecule has 1 N–H and O–H groups in total. The highest BCUT2D eigenvalue weighted by molar-refractivity contribution is 6.30. The molecule has 8 heteroatoms. The number of aromatic nitrogens is 5. The second-order valence-electron chi connectivity index (χ2n) is 6.59. The molecule has 7 nitrogen and oxygen atoms in total. The molecule has 0 unspecified atom stereocenters. The van der Waals surface area contributed by atoms with E-state index in [-0.39, 0.29) is 0 Å². The minimum absolute atomic E-state index is 0.536. The summed E-state index contributed by atoms with van der Waals surface area (Å²) in [5.74, 6) is 1.14. The first-order valence-electron chi connectivity index (χ1n) is 9.24. The summed E-state index contributed by atoms with van der Waals surface area (Å²) in [4.78, 5) is 17.2. The smallest absolute Gasteiger partial charge is 0.223 e. The van der Waals surface area contributed by atoms with Crippen molar-refractivity contribution in [2.75, 3.05) is 5.32 Å². The number of rotatable bonds is 5. The van der Waals surface area contributed by atoms with Gasteiger partial charge >= 0.3 is 0 Å². The predicted molar refractivity (Wildman–Crippen MR) is 115 cm³/mol. The fraction of sp³-hybridized carbons (Fsp3) is 0.0455. The molecule has 0 fully saturated rings. The highest BCUT2D eigenvalue weighted by Crippen LogP contribution is 2.30. The zero-order chi connectivity index (χ0) is 20.3. The summed E-state index contributed by atoms with van der Waals surface area (Å²) >= 11 is 6.05. The molecule has 0 saturated carbocycles. The number of nitrogens with zero attached hydrogens (tertiary/aromatic N) is 5. The van der Waals surface area contributed by atoms with Crippen molar-refractivity contribution in [3.8, 4) is 22.7 Å². The van der Waals surface area contributed by atoms with Crippen LogP contribution in [0.25, 0.3) is 33.6 Å². The lowest BCUT2D eigenvalue weighted by atomic mass is 10.1. The highest BCUT2D eigenvalue weighted by Gasteiger charge is 2.13. The van der Waals surface area contributed by atoms with Crippen LogP contribution in [0.3, 0.4) is 0 Å². The van der Waals surface area contributed by atoms with Gasteiger partial charge in [-0.05, 0) is 42.0 Å². The van der Waals surface area contributed by atoms with E-state index in [1.807, 2.05) is 48.5 Å². The molecule has 5 rings (SSSR count). The van der Waals surface area contributed by atoms with Crippen molar-refractivity contribution in [3.63, 3.8) is 0 Å². The van der Waals surface area contributed by atoms with E-state index in [9.17, 15) is 0 Å². The summed E-state index contributed by atoms with van der Waals surface area (Å²) in [6, 6.07) is 17.2. The van der Waals surface area contributed by atoms with Crippen LogP contribution in [-0.4, -0.2) is 25.1 Å². The zero-order valence-electron chi connectivity index (χ0n) is 15.7. The first kappa shape index (κ1) is 18.2. The fourth-order valence-electron chi connectivity index (χ4n) is 3.14. The first-order chi connectivity index (χ1) is 14.8. The molecule has 0 bridgehead atoms. The maximum atomic E-state index is 6.05. The number of fused-ring (bicyclic) bond motifs is 1. The molecule has 3 heterocycles. The van der Waals surface area contributed by atoms with E-state index in [0.29, 0.717) is 29.0 Å². The van der Waals surface area contributed by atoms with E-state index in [0.717, 1.165) is 27.7 Å². The van der Waals surface area contributed by atoms with Gasteiger partial charge in [-0.15, -0.1) is 0 Å². The van der Waals surface area contributed by atoms with E-state index in [2.05, 4.69) is 30.4 Å². The second-order valence-corrected chi connectivity index (χ2v) is 7.02. The molecule has 0 aliphatic heterocycles.